The lowest BCUT2D eigenvalue weighted by molar-refractivity contribution is 0.456. The predicted octanol–water partition coefficient (Wildman–Crippen LogP) is 3.60. The van der Waals surface area contributed by atoms with Crippen molar-refractivity contribution in [1.29, 1.82) is 0 Å². The number of fused-ring (bicyclic) bond motifs is 6. The Kier molecular flexibility index (Phi) is 1.73. The summed E-state index contributed by atoms with van der Waals surface area (Å²) in [6.07, 6.45) is 4.09. The topological polar surface area (TPSA) is 28.7 Å². The molecule has 1 N–H and O–H groups in total. The summed E-state index contributed by atoms with van der Waals surface area (Å²) in [4.78, 5) is 7.54. The largest absolute Gasteiger partial charge is 0.342 e. The minimum Gasteiger partial charge on any atom is -0.342 e. The maximum absolute atomic E-state index is 13.7. The molecule has 0 amide bonds. The van der Waals surface area contributed by atoms with Gasteiger partial charge in [-0.25, -0.2) is 13.8 Å². The van der Waals surface area contributed by atoms with Crippen LogP contribution in [0.25, 0.3) is 11.0 Å². The fraction of sp³-hybridized carbons (Fsp3) is 0.533. The molecule has 0 spiro atoms. The van der Waals surface area contributed by atoms with Crippen molar-refractivity contribution in [2.45, 2.75) is 25.2 Å². The van der Waals surface area contributed by atoms with Crippen LogP contribution in [0.15, 0.2) is 12.1 Å². The maximum atomic E-state index is 13.7. The second-order valence-corrected chi connectivity index (χ2v) is 6.42. The van der Waals surface area contributed by atoms with E-state index in [4.69, 9.17) is 0 Å². The molecule has 1 heterocycles. The smallest absolute Gasteiger partial charge is 0.153 e. The van der Waals surface area contributed by atoms with Crippen molar-refractivity contribution in [1.82, 2.24) is 9.97 Å². The Bertz CT molecular complexity index is 677. The highest BCUT2D eigenvalue weighted by Gasteiger charge is 2.66. The van der Waals surface area contributed by atoms with E-state index >= 15 is 0 Å². The molecule has 2 bridgehead atoms. The predicted molar refractivity (Wildman–Crippen MR) is 66.6 cm³/mol. The van der Waals surface area contributed by atoms with Crippen molar-refractivity contribution in [2.75, 3.05) is 0 Å². The Balaban J connectivity index is 1.59. The third-order valence-electron chi connectivity index (χ3n) is 5.57. The summed E-state index contributed by atoms with van der Waals surface area (Å²) in [6, 6.07) is 2.24. The van der Waals surface area contributed by atoms with Gasteiger partial charge in [0.2, 0.25) is 0 Å². The van der Waals surface area contributed by atoms with Crippen LogP contribution in [0.4, 0.5) is 8.78 Å². The average Bonchev–Trinajstić information content (AvgIpc) is 2.76. The summed E-state index contributed by atoms with van der Waals surface area (Å²) in [7, 11) is 0. The summed E-state index contributed by atoms with van der Waals surface area (Å²) in [6.45, 7) is 0. The molecule has 1 aromatic heterocycles. The number of halogens is 2. The molecule has 4 heteroatoms. The minimum atomic E-state index is -0.564. The van der Waals surface area contributed by atoms with Gasteiger partial charge < -0.3 is 4.98 Å². The van der Waals surface area contributed by atoms with Crippen LogP contribution in [0, 0.1) is 35.3 Å². The lowest BCUT2D eigenvalue weighted by atomic mass is 10.0. The van der Waals surface area contributed by atoms with Crippen molar-refractivity contribution < 1.29 is 8.78 Å². The van der Waals surface area contributed by atoms with E-state index < -0.39 is 11.6 Å². The fourth-order valence-electron chi connectivity index (χ4n) is 4.91. The van der Waals surface area contributed by atoms with Gasteiger partial charge in [-0.05, 0) is 49.0 Å². The van der Waals surface area contributed by atoms with Crippen LogP contribution in [0.3, 0.4) is 0 Å². The van der Waals surface area contributed by atoms with Crippen LogP contribution >= 0.6 is 0 Å². The molecule has 19 heavy (non-hydrogen) atoms. The molecule has 98 valence electrons. The third kappa shape index (κ3) is 1.22. The fourth-order valence-corrected chi connectivity index (χ4v) is 4.91. The summed E-state index contributed by atoms with van der Waals surface area (Å²) < 4.78 is 26.9. The van der Waals surface area contributed by atoms with Crippen molar-refractivity contribution in [3.8, 4) is 0 Å². The number of H-pyrrole nitrogens is 1. The summed E-state index contributed by atoms with van der Waals surface area (Å²) >= 11 is 0. The number of hydrogen-bond acceptors (Lipinski definition) is 1. The SMILES string of the molecule is Fc1cc(F)c2nc(C3C4C5CCC(C5)C34)[nH]c2c1. The second kappa shape index (κ2) is 3.17. The van der Waals surface area contributed by atoms with E-state index in [1.807, 2.05) is 0 Å². The monoisotopic (exact) mass is 260 g/mol. The standard InChI is InChI=1S/C15H14F2N2/c16-8-4-9(17)14-10(5-8)18-15(19-14)13-11-6-1-2-7(3-6)12(11)13/h4-7,11-13H,1-3H2,(H,18,19). The number of nitrogens with one attached hydrogen (secondary N) is 1. The van der Waals surface area contributed by atoms with E-state index in [1.165, 1.54) is 25.3 Å². The molecule has 3 saturated carbocycles. The van der Waals surface area contributed by atoms with Crippen molar-refractivity contribution in [2.24, 2.45) is 23.7 Å². The molecule has 0 aliphatic heterocycles. The Morgan fingerprint density at radius 1 is 1.11 bits per heavy atom. The van der Waals surface area contributed by atoms with E-state index in [0.717, 1.165) is 35.6 Å². The molecule has 0 radical (unpaired) electrons. The minimum absolute atomic E-state index is 0.286. The molecule has 3 aliphatic carbocycles. The van der Waals surface area contributed by atoms with Crippen LogP contribution in [-0.4, -0.2) is 9.97 Å². The highest BCUT2D eigenvalue weighted by molar-refractivity contribution is 5.76. The van der Waals surface area contributed by atoms with E-state index in [1.54, 1.807) is 0 Å². The Morgan fingerprint density at radius 2 is 1.84 bits per heavy atom. The van der Waals surface area contributed by atoms with Crippen LogP contribution in [0.2, 0.25) is 0 Å². The summed E-state index contributed by atoms with van der Waals surface area (Å²) in [5.74, 6) is 3.47. The second-order valence-electron chi connectivity index (χ2n) is 6.42. The zero-order valence-corrected chi connectivity index (χ0v) is 10.4. The molecular formula is C15H14F2N2. The number of imidazole rings is 1. The lowest BCUT2D eigenvalue weighted by Crippen LogP contribution is -1.98. The molecule has 2 nitrogen and oxygen atoms in total. The highest BCUT2D eigenvalue weighted by atomic mass is 19.1. The van der Waals surface area contributed by atoms with Crippen LogP contribution in [0.5, 0.6) is 0 Å². The zero-order chi connectivity index (χ0) is 12.7. The number of nitrogens with zero attached hydrogens (tertiary/aromatic N) is 1. The van der Waals surface area contributed by atoms with Gasteiger partial charge in [0.25, 0.3) is 0 Å². The Labute approximate surface area is 109 Å². The van der Waals surface area contributed by atoms with Crippen molar-refractivity contribution in [3.05, 3.63) is 29.6 Å². The van der Waals surface area contributed by atoms with Gasteiger partial charge in [0.1, 0.15) is 17.2 Å². The average molecular weight is 260 g/mol. The summed E-state index contributed by atoms with van der Waals surface area (Å²) in [5.41, 5.74) is 0.776. The Hall–Kier alpha value is -1.45. The third-order valence-corrected chi connectivity index (χ3v) is 5.57. The van der Waals surface area contributed by atoms with Gasteiger partial charge in [-0.2, -0.15) is 0 Å². The number of rotatable bonds is 1. The first-order valence-corrected chi connectivity index (χ1v) is 7.07. The number of hydrogen-bond donors (Lipinski definition) is 1. The normalized spacial score (nSPS) is 38.9. The number of aromatic nitrogens is 2. The van der Waals surface area contributed by atoms with Crippen LogP contribution in [-0.2, 0) is 0 Å². The quantitative estimate of drug-likeness (QED) is 0.833. The number of aromatic amines is 1. The zero-order valence-electron chi connectivity index (χ0n) is 10.4. The van der Waals surface area contributed by atoms with E-state index in [0.29, 0.717) is 11.4 Å². The van der Waals surface area contributed by atoms with Crippen LogP contribution in [0.1, 0.15) is 31.0 Å². The van der Waals surface area contributed by atoms with Crippen molar-refractivity contribution in [3.63, 3.8) is 0 Å². The van der Waals surface area contributed by atoms with Crippen molar-refractivity contribution >= 4 is 11.0 Å². The molecule has 5 rings (SSSR count). The first kappa shape index (κ1) is 10.4. The molecule has 4 atom stereocenters. The van der Waals surface area contributed by atoms with Crippen LogP contribution < -0.4 is 0 Å². The lowest BCUT2D eigenvalue weighted by Gasteiger charge is -2.05. The maximum Gasteiger partial charge on any atom is 0.153 e. The van der Waals surface area contributed by atoms with Gasteiger partial charge in [0.15, 0.2) is 5.82 Å². The highest BCUT2D eigenvalue weighted by Crippen LogP contribution is 2.72. The van der Waals surface area contributed by atoms with Gasteiger partial charge in [-0.3, -0.25) is 0 Å². The molecular weight excluding hydrogens is 246 g/mol. The van der Waals surface area contributed by atoms with Gasteiger partial charge in [-0.1, -0.05) is 0 Å². The first-order chi connectivity index (χ1) is 9.22. The Morgan fingerprint density at radius 3 is 2.58 bits per heavy atom. The van der Waals surface area contributed by atoms with Gasteiger partial charge in [-0.15, -0.1) is 0 Å². The summed E-state index contributed by atoms with van der Waals surface area (Å²) in [5, 5.41) is 0. The van der Waals surface area contributed by atoms with Gasteiger partial charge >= 0.3 is 0 Å². The molecule has 0 saturated heterocycles. The van der Waals surface area contributed by atoms with E-state index in [2.05, 4.69) is 9.97 Å². The van der Waals surface area contributed by atoms with Gasteiger partial charge in [0, 0.05) is 12.0 Å². The molecule has 1 aromatic carbocycles. The van der Waals surface area contributed by atoms with Gasteiger partial charge in [0.05, 0.1) is 5.52 Å². The molecule has 2 aromatic rings. The van der Waals surface area contributed by atoms with E-state index in [-0.39, 0.29) is 5.52 Å². The molecule has 4 unspecified atom stereocenters. The first-order valence-electron chi connectivity index (χ1n) is 7.07. The molecule has 3 aliphatic rings. The van der Waals surface area contributed by atoms with E-state index in [9.17, 15) is 8.78 Å². The molecule has 3 fully saturated rings. The number of benzene rings is 1.